The van der Waals surface area contributed by atoms with Gasteiger partial charge in [0.15, 0.2) is 0 Å². The quantitative estimate of drug-likeness (QED) is 0.591. The first-order chi connectivity index (χ1) is 3.93. The topological polar surface area (TPSA) is 9.23 Å². The highest BCUT2D eigenvalue weighted by atomic mass is 32.1. The normalized spacial score (nSPS) is 9.62. The van der Waals surface area contributed by atoms with E-state index in [1.54, 1.807) is 18.4 Å². The Morgan fingerprint density at radius 1 is 1.75 bits per heavy atom. The van der Waals surface area contributed by atoms with Crippen molar-refractivity contribution in [3.05, 3.63) is 22.4 Å². The molecule has 1 nitrogen and oxygen atoms in total. The lowest BCUT2D eigenvalue weighted by molar-refractivity contribution is 0.185. The van der Waals surface area contributed by atoms with Gasteiger partial charge >= 0.3 is 0 Å². The molecule has 0 spiro atoms. The zero-order valence-corrected chi connectivity index (χ0v) is 5.57. The Balaban J connectivity index is 2.50. The van der Waals surface area contributed by atoms with Gasteiger partial charge in [-0.1, -0.05) is 0 Å². The van der Waals surface area contributed by atoms with E-state index in [1.165, 1.54) is 5.56 Å². The lowest BCUT2D eigenvalue weighted by Crippen LogP contribution is -1.80. The summed E-state index contributed by atoms with van der Waals surface area (Å²) in [5, 5.41) is 4.14. The van der Waals surface area contributed by atoms with Gasteiger partial charge in [-0.2, -0.15) is 11.3 Å². The first kappa shape index (κ1) is 5.79. The number of ether oxygens (including phenoxy) is 1. The summed E-state index contributed by atoms with van der Waals surface area (Å²) >= 11 is 1.70. The SMILES string of the molecule is COCc1ccsc1. The zero-order chi connectivity index (χ0) is 5.82. The molecule has 1 heterocycles. The molecule has 0 fully saturated rings. The summed E-state index contributed by atoms with van der Waals surface area (Å²) in [7, 11) is 1.71. The molecule has 0 aliphatic heterocycles. The Labute approximate surface area is 52.9 Å². The van der Waals surface area contributed by atoms with Crippen molar-refractivity contribution in [1.29, 1.82) is 0 Å². The van der Waals surface area contributed by atoms with Crippen LogP contribution in [0.4, 0.5) is 0 Å². The molecular formula is C6H8OS. The minimum absolute atomic E-state index is 0.740. The molecule has 1 aromatic rings. The predicted octanol–water partition coefficient (Wildman–Crippen LogP) is 1.89. The van der Waals surface area contributed by atoms with Crippen LogP contribution in [0.5, 0.6) is 0 Å². The summed E-state index contributed by atoms with van der Waals surface area (Å²) in [4.78, 5) is 0. The van der Waals surface area contributed by atoms with Crippen LogP contribution in [0.2, 0.25) is 0 Å². The molecule has 2 heteroatoms. The lowest BCUT2D eigenvalue weighted by atomic mass is 10.4. The van der Waals surface area contributed by atoms with Crippen LogP contribution >= 0.6 is 11.3 Å². The molecule has 0 saturated carbocycles. The van der Waals surface area contributed by atoms with Gasteiger partial charge in [0, 0.05) is 7.11 Å². The molecule has 0 saturated heterocycles. The third kappa shape index (κ3) is 1.32. The summed E-state index contributed by atoms with van der Waals surface area (Å²) in [6, 6.07) is 2.06. The fraction of sp³-hybridized carbons (Fsp3) is 0.333. The average Bonchev–Trinajstić information content (AvgIpc) is 2.19. The Morgan fingerprint density at radius 3 is 3.12 bits per heavy atom. The van der Waals surface area contributed by atoms with Crippen LogP contribution in [0.25, 0.3) is 0 Å². The van der Waals surface area contributed by atoms with Gasteiger partial charge in [-0.25, -0.2) is 0 Å². The van der Waals surface area contributed by atoms with Gasteiger partial charge in [0.05, 0.1) is 6.61 Å². The monoisotopic (exact) mass is 128 g/mol. The standard InChI is InChI=1S/C6H8OS/c1-7-4-6-2-3-8-5-6/h2-3,5H,4H2,1H3. The van der Waals surface area contributed by atoms with Gasteiger partial charge in [-0.05, 0) is 22.4 Å². The predicted molar refractivity (Wildman–Crippen MR) is 35.0 cm³/mol. The first-order valence-corrected chi connectivity index (χ1v) is 3.38. The molecule has 1 rings (SSSR count). The van der Waals surface area contributed by atoms with Crippen LogP contribution in [-0.4, -0.2) is 7.11 Å². The van der Waals surface area contributed by atoms with E-state index in [-0.39, 0.29) is 0 Å². The van der Waals surface area contributed by atoms with E-state index in [1.807, 2.05) is 5.38 Å². The Morgan fingerprint density at radius 2 is 2.62 bits per heavy atom. The lowest BCUT2D eigenvalue weighted by Gasteiger charge is -1.89. The van der Waals surface area contributed by atoms with Crippen LogP contribution < -0.4 is 0 Å². The molecule has 0 aliphatic rings. The molecule has 1 aromatic heterocycles. The number of hydrogen-bond acceptors (Lipinski definition) is 2. The second kappa shape index (κ2) is 2.84. The van der Waals surface area contributed by atoms with Crippen molar-refractivity contribution in [1.82, 2.24) is 0 Å². The minimum atomic E-state index is 0.740. The second-order valence-corrected chi connectivity index (χ2v) is 2.34. The van der Waals surface area contributed by atoms with Crippen LogP contribution in [0.15, 0.2) is 16.8 Å². The van der Waals surface area contributed by atoms with Crippen molar-refractivity contribution in [2.45, 2.75) is 6.61 Å². The van der Waals surface area contributed by atoms with Crippen molar-refractivity contribution in [3.63, 3.8) is 0 Å². The van der Waals surface area contributed by atoms with Crippen molar-refractivity contribution in [3.8, 4) is 0 Å². The summed E-state index contributed by atoms with van der Waals surface area (Å²) in [5.41, 5.74) is 1.26. The molecule has 0 atom stereocenters. The van der Waals surface area contributed by atoms with E-state index in [4.69, 9.17) is 4.74 Å². The fourth-order valence-corrected chi connectivity index (χ4v) is 1.19. The van der Waals surface area contributed by atoms with Crippen LogP contribution in [0.1, 0.15) is 5.56 Å². The van der Waals surface area contributed by atoms with Crippen molar-refractivity contribution < 1.29 is 4.74 Å². The maximum absolute atomic E-state index is 4.89. The maximum Gasteiger partial charge on any atom is 0.0721 e. The molecule has 0 aliphatic carbocycles. The Hall–Kier alpha value is -0.340. The molecule has 0 N–H and O–H groups in total. The van der Waals surface area contributed by atoms with Gasteiger partial charge in [0.25, 0.3) is 0 Å². The van der Waals surface area contributed by atoms with E-state index >= 15 is 0 Å². The number of hydrogen-bond donors (Lipinski definition) is 0. The van der Waals surface area contributed by atoms with Gasteiger partial charge in [0.2, 0.25) is 0 Å². The smallest absolute Gasteiger partial charge is 0.0721 e. The van der Waals surface area contributed by atoms with Crippen LogP contribution in [0, 0.1) is 0 Å². The van der Waals surface area contributed by atoms with E-state index in [9.17, 15) is 0 Å². The Bertz CT molecular complexity index is 134. The van der Waals surface area contributed by atoms with Crippen LogP contribution in [0.3, 0.4) is 0 Å². The zero-order valence-electron chi connectivity index (χ0n) is 4.76. The van der Waals surface area contributed by atoms with E-state index < -0.39 is 0 Å². The molecule has 0 bridgehead atoms. The highest BCUT2D eigenvalue weighted by Gasteiger charge is 1.86. The third-order valence-corrected chi connectivity index (χ3v) is 1.62. The summed E-state index contributed by atoms with van der Waals surface area (Å²) in [6.45, 7) is 0.740. The van der Waals surface area contributed by atoms with Crippen molar-refractivity contribution in [2.24, 2.45) is 0 Å². The van der Waals surface area contributed by atoms with Crippen molar-refractivity contribution in [2.75, 3.05) is 7.11 Å². The number of thiophene rings is 1. The number of rotatable bonds is 2. The second-order valence-electron chi connectivity index (χ2n) is 1.56. The molecule has 0 amide bonds. The first-order valence-electron chi connectivity index (χ1n) is 2.43. The molecule has 8 heavy (non-hydrogen) atoms. The number of methoxy groups -OCH3 is 1. The average molecular weight is 128 g/mol. The largest absolute Gasteiger partial charge is 0.380 e. The highest BCUT2D eigenvalue weighted by Crippen LogP contribution is 2.05. The molecule has 44 valence electrons. The van der Waals surface area contributed by atoms with Gasteiger partial charge in [-0.15, -0.1) is 0 Å². The highest BCUT2D eigenvalue weighted by molar-refractivity contribution is 7.07. The van der Waals surface area contributed by atoms with Crippen molar-refractivity contribution >= 4 is 11.3 Å². The van der Waals surface area contributed by atoms with E-state index in [2.05, 4.69) is 11.4 Å². The third-order valence-electron chi connectivity index (χ3n) is 0.891. The molecule has 0 unspecified atom stereocenters. The van der Waals surface area contributed by atoms with Gasteiger partial charge in [-0.3, -0.25) is 0 Å². The molecular weight excluding hydrogens is 120 g/mol. The minimum Gasteiger partial charge on any atom is -0.380 e. The summed E-state index contributed by atoms with van der Waals surface area (Å²) in [5.74, 6) is 0. The summed E-state index contributed by atoms with van der Waals surface area (Å²) in [6.07, 6.45) is 0. The molecule has 0 aromatic carbocycles. The molecule has 0 radical (unpaired) electrons. The maximum atomic E-state index is 4.89. The summed E-state index contributed by atoms with van der Waals surface area (Å²) < 4.78 is 4.89. The Kier molecular flexibility index (Phi) is 2.06. The van der Waals surface area contributed by atoms with E-state index in [0.717, 1.165) is 6.61 Å². The van der Waals surface area contributed by atoms with Crippen LogP contribution in [-0.2, 0) is 11.3 Å². The fourth-order valence-electron chi connectivity index (χ4n) is 0.541. The van der Waals surface area contributed by atoms with Gasteiger partial charge in [0.1, 0.15) is 0 Å². The van der Waals surface area contributed by atoms with E-state index in [0.29, 0.717) is 0 Å². The van der Waals surface area contributed by atoms with Gasteiger partial charge < -0.3 is 4.74 Å².